The summed E-state index contributed by atoms with van der Waals surface area (Å²) in [5.41, 5.74) is 7.21. The molecule has 0 radical (unpaired) electrons. The Bertz CT molecular complexity index is 1280. The summed E-state index contributed by atoms with van der Waals surface area (Å²) in [5.74, 6) is 1.07. The molecule has 0 unspecified atom stereocenters. The van der Waals surface area contributed by atoms with Crippen LogP contribution in [0, 0.1) is 11.3 Å². The molecule has 6 rings (SSSR count). The molecule has 1 aromatic carbocycles. The third kappa shape index (κ3) is 2.76. The monoisotopic (exact) mass is 423 g/mol. The van der Waals surface area contributed by atoms with Gasteiger partial charge >= 0.3 is 0 Å². The van der Waals surface area contributed by atoms with Crippen LogP contribution in [-0.4, -0.2) is 47.1 Å². The minimum absolute atomic E-state index is 0.205. The highest BCUT2D eigenvalue weighted by molar-refractivity contribution is 6.01. The third-order valence-corrected chi connectivity index (χ3v) is 7.97. The molecule has 0 spiro atoms. The van der Waals surface area contributed by atoms with Crippen molar-refractivity contribution in [2.45, 2.75) is 44.6 Å². The van der Waals surface area contributed by atoms with E-state index in [4.69, 9.17) is 4.98 Å². The number of anilines is 1. The number of fused-ring (bicyclic) bond motifs is 4. The zero-order valence-electron chi connectivity index (χ0n) is 18.9. The predicted molar refractivity (Wildman–Crippen MR) is 129 cm³/mol. The largest absolute Gasteiger partial charge is 0.357 e. The third-order valence-electron chi connectivity index (χ3n) is 7.97. The zero-order valence-corrected chi connectivity index (χ0v) is 18.9. The summed E-state index contributed by atoms with van der Waals surface area (Å²) in [7, 11) is 0. The summed E-state index contributed by atoms with van der Waals surface area (Å²) >= 11 is 0. The molecular weight excluding hydrogens is 394 g/mol. The summed E-state index contributed by atoms with van der Waals surface area (Å²) in [6.45, 7) is 13.4. The first-order valence-electron chi connectivity index (χ1n) is 11.7. The maximum Gasteiger partial charge on any atom is 0.128 e. The Kier molecular flexibility index (Phi) is 4.25. The van der Waals surface area contributed by atoms with E-state index in [0.29, 0.717) is 5.56 Å². The molecule has 5 nitrogen and oxygen atoms in total. The summed E-state index contributed by atoms with van der Waals surface area (Å²) in [4.78, 5) is 13.6. The number of hydrogen-bond donors (Lipinski definition) is 1. The van der Waals surface area contributed by atoms with Gasteiger partial charge in [0, 0.05) is 71.6 Å². The average Bonchev–Trinajstić information content (AvgIpc) is 3.17. The van der Waals surface area contributed by atoms with Gasteiger partial charge in [0.2, 0.25) is 0 Å². The molecule has 1 saturated carbocycles. The van der Waals surface area contributed by atoms with Crippen LogP contribution in [0.15, 0.2) is 37.0 Å². The lowest BCUT2D eigenvalue weighted by molar-refractivity contribution is 0.120. The van der Waals surface area contributed by atoms with E-state index in [1.165, 1.54) is 30.5 Å². The number of aromatic amines is 1. The second kappa shape index (κ2) is 6.95. The van der Waals surface area contributed by atoms with Crippen molar-refractivity contribution < 1.29 is 0 Å². The van der Waals surface area contributed by atoms with E-state index in [1.54, 1.807) is 0 Å². The summed E-state index contributed by atoms with van der Waals surface area (Å²) in [6, 6.07) is 11.2. The minimum atomic E-state index is -0.205. The van der Waals surface area contributed by atoms with Gasteiger partial charge in [-0.3, -0.25) is 4.90 Å². The van der Waals surface area contributed by atoms with E-state index in [9.17, 15) is 5.26 Å². The number of nitriles is 1. The van der Waals surface area contributed by atoms with Crippen molar-refractivity contribution in [2.75, 3.05) is 31.1 Å². The number of pyridine rings is 1. The number of piperazine rings is 1. The van der Waals surface area contributed by atoms with Gasteiger partial charge in [-0.1, -0.05) is 32.9 Å². The van der Waals surface area contributed by atoms with E-state index in [1.807, 2.05) is 24.4 Å². The molecule has 162 valence electrons. The van der Waals surface area contributed by atoms with Crippen LogP contribution in [0.2, 0.25) is 0 Å². The Labute approximate surface area is 189 Å². The fourth-order valence-electron chi connectivity index (χ4n) is 5.76. The fraction of sp³-hybridized carbons (Fsp3) is 0.407. The van der Waals surface area contributed by atoms with Crippen LogP contribution in [0.3, 0.4) is 0 Å². The molecule has 2 aromatic heterocycles. The number of aromatic nitrogens is 2. The van der Waals surface area contributed by atoms with Crippen molar-refractivity contribution in [3.63, 3.8) is 0 Å². The van der Waals surface area contributed by atoms with Crippen molar-refractivity contribution >= 4 is 22.3 Å². The SMILES string of the molecule is C=C1c2cnc(N3CCN(C4CCC4)CC3)cc2C(C)(C)c2[nH]c3cc(C#N)ccc3c21. The Morgan fingerprint density at radius 3 is 2.62 bits per heavy atom. The number of hydrogen-bond acceptors (Lipinski definition) is 4. The summed E-state index contributed by atoms with van der Waals surface area (Å²) in [6.07, 6.45) is 6.16. The lowest BCUT2D eigenvalue weighted by Crippen LogP contribution is -2.52. The quantitative estimate of drug-likeness (QED) is 0.643. The molecular formula is C27H29N5. The smallest absolute Gasteiger partial charge is 0.128 e. The first kappa shape index (κ1) is 19.6. The molecule has 2 aliphatic carbocycles. The van der Waals surface area contributed by atoms with Gasteiger partial charge < -0.3 is 9.88 Å². The van der Waals surface area contributed by atoms with Crippen molar-refractivity contribution in [1.82, 2.24) is 14.9 Å². The van der Waals surface area contributed by atoms with Gasteiger partial charge in [0.05, 0.1) is 11.6 Å². The molecule has 1 saturated heterocycles. The summed E-state index contributed by atoms with van der Waals surface area (Å²) < 4.78 is 0. The van der Waals surface area contributed by atoms with Gasteiger partial charge in [-0.2, -0.15) is 5.26 Å². The van der Waals surface area contributed by atoms with Gasteiger partial charge in [-0.25, -0.2) is 4.98 Å². The van der Waals surface area contributed by atoms with Crippen LogP contribution in [0.1, 0.15) is 61.1 Å². The number of benzene rings is 1. The molecule has 3 heterocycles. The Morgan fingerprint density at radius 1 is 1.16 bits per heavy atom. The van der Waals surface area contributed by atoms with Gasteiger partial charge in [0.1, 0.15) is 5.82 Å². The molecule has 32 heavy (non-hydrogen) atoms. The van der Waals surface area contributed by atoms with Crippen LogP contribution in [-0.2, 0) is 5.41 Å². The highest BCUT2D eigenvalue weighted by Gasteiger charge is 2.38. The molecule has 0 bridgehead atoms. The standard InChI is InChI=1S/C27H29N5/c1-17-21-16-29-24(32-11-9-31(10-12-32)19-5-4-6-19)14-22(21)27(2,3)26-25(17)20-8-7-18(15-28)13-23(20)30-26/h7-8,13-14,16,19,30H,1,4-6,9-12H2,2-3H3. The minimum Gasteiger partial charge on any atom is -0.357 e. The lowest BCUT2D eigenvalue weighted by atomic mass is 9.71. The van der Waals surface area contributed by atoms with E-state index in [2.05, 4.69) is 47.3 Å². The molecule has 1 aliphatic heterocycles. The summed E-state index contributed by atoms with van der Waals surface area (Å²) in [5, 5.41) is 10.4. The zero-order chi connectivity index (χ0) is 22.0. The van der Waals surface area contributed by atoms with Gasteiger partial charge in [-0.05, 0) is 42.2 Å². The van der Waals surface area contributed by atoms with Crippen LogP contribution in [0.5, 0.6) is 0 Å². The number of nitrogens with one attached hydrogen (secondary N) is 1. The van der Waals surface area contributed by atoms with Crippen LogP contribution in [0.25, 0.3) is 16.5 Å². The first-order chi connectivity index (χ1) is 15.5. The maximum atomic E-state index is 9.32. The molecule has 2 fully saturated rings. The molecule has 0 atom stereocenters. The van der Waals surface area contributed by atoms with Gasteiger partial charge in [0.25, 0.3) is 0 Å². The second-order valence-corrected chi connectivity index (χ2v) is 10.0. The molecule has 3 aliphatic rings. The number of nitrogens with zero attached hydrogens (tertiary/aromatic N) is 4. The molecule has 3 aromatic rings. The Balaban J connectivity index is 1.37. The van der Waals surface area contributed by atoms with E-state index in [0.717, 1.165) is 65.6 Å². The number of H-pyrrole nitrogens is 1. The molecule has 0 amide bonds. The highest BCUT2D eigenvalue weighted by Crippen LogP contribution is 2.48. The molecule has 1 N–H and O–H groups in total. The first-order valence-corrected chi connectivity index (χ1v) is 11.7. The van der Waals surface area contributed by atoms with Gasteiger partial charge in [0.15, 0.2) is 0 Å². The van der Waals surface area contributed by atoms with Crippen molar-refractivity contribution in [2.24, 2.45) is 0 Å². The topological polar surface area (TPSA) is 59.0 Å². The highest BCUT2D eigenvalue weighted by atomic mass is 15.3. The molecule has 5 heteroatoms. The van der Waals surface area contributed by atoms with Crippen molar-refractivity contribution in [3.8, 4) is 6.07 Å². The fourth-order valence-corrected chi connectivity index (χ4v) is 5.76. The van der Waals surface area contributed by atoms with E-state index >= 15 is 0 Å². The maximum absolute atomic E-state index is 9.32. The predicted octanol–water partition coefficient (Wildman–Crippen LogP) is 4.81. The normalized spacial score (nSPS) is 20.5. The lowest BCUT2D eigenvalue weighted by Gasteiger charge is -2.43. The van der Waals surface area contributed by atoms with Crippen molar-refractivity contribution in [1.29, 1.82) is 5.26 Å². The Hall–Kier alpha value is -3.10. The van der Waals surface area contributed by atoms with Gasteiger partial charge in [-0.15, -0.1) is 0 Å². The van der Waals surface area contributed by atoms with E-state index < -0.39 is 0 Å². The van der Waals surface area contributed by atoms with Crippen LogP contribution >= 0.6 is 0 Å². The Morgan fingerprint density at radius 2 is 1.94 bits per heavy atom. The number of rotatable bonds is 2. The van der Waals surface area contributed by atoms with Crippen LogP contribution in [0.4, 0.5) is 5.82 Å². The van der Waals surface area contributed by atoms with E-state index in [-0.39, 0.29) is 5.41 Å². The van der Waals surface area contributed by atoms with Crippen LogP contribution < -0.4 is 4.90 Å². The van der Waals surface area contributed by atoms with Crippen molar-refractivity contribution in [3.05, 3.63) is 65.0 Å². The average molecular weight is 424 g/mol. The second-order valence-electron chi connectivity index (χ2n) is 10.0.